The molecule has 0 aliphatic carbocycles. The highest BCUT2D eigenvalue weighted by Crippen LogP contribution is 2.16. The number of pyridine rings is 1. The molecule has 1 heterocycles. The molecule has 0 saturated heterocycles. The van der Waals surface area contributed by atoms with Crippen molar-refractivity contribution in [2.45, 2.75) is 46.5 Å². The Kier molecular flexibility index (Phi) is 14.2. The van der Waals surface area contributed by atoms with E-state index in [0.29, 0.717) is 5.75 Å². The molecule has 0 aromatic carbocycles. The molecule has 0 aliphatic rings. The van der Waals surface area contributed by atoms with Crippen molar-refractivity contribution in [3.8, 4) is 5.75 Å². The smallest absolute Gasteiger partial charge is 0.267 e. The standard InChI is InChI=1S/C11H11FN2O2.C11H23N/c1-3-9(12)7(2)16-8-4-5-10(11(13)15)14-6-8;1-4-7-9-12-10-8-11(5-2)6-3/h3-6H,1H2,2H3,(H2,13,15);4,11-12H,1,5-10H2,2-3H3/b9-7-;. The number of rotatable bonds is 12. The molecule has 1 amide bonds. The Labute approximate surface area is 168 Å². The van der Waals surface area contributed by atoms with Crippen molar-refractivity contribution >= 4 is 5.91 Å². The second-order valence-electron chi connectivity index (χ2n) is 6.25. The zero-order valence-corrected chi connectivity index (χ0v) is 17.3. The lowest BCUT2D eigenvalue weighted by atomic mass is 10.00. The van der Waals surface area contributed by atoms with Crippen LogP contribution >= 0.6 is 0 Å². The summed E-state index contributed by atoms with van der Waals surface area (Å²) in [5.74, 6) is 0.124. The highest BCUT2D eigenvalue weighted by molar-refractivity contribution is 5.90. The van der Waals surface area contributed by atoms with Gasteiger partial charge in [-0.2, -0.15) is 0 Å². The van der Waals surface area contributed by atoms with Gasteiger partial charge in [-0.25, -0.2) is 9.37 Å². The van der Waals surface area contributed by atoms with Crippen LogP contribution < -0.4 is 15.8 Å². The Morgan fingerprint density at radius 3 is 2.46 bits per heavy atom. The Bertz CT molecular complexity index is 623. The molecule has 0 radical (unpaired) electrons. The van der Waals surface area contributed by atoms with Gasteiger partial charge in [0.15, 0.2) is 5.83 Å². The predicted molar refractivity (Wildman–Crippen MR) is 114 cm³/mol. The molecule has 1 aromatic rings. The van der Waals surface area contributed by atoms with E-state index in [1.807, 2.05) is 6.08 Å². The molecular weight excluding hydrogens is 357 g/mol. The normalized spacial score (nSPS) is 11.2. The van der Waals surface area contributed by atoms with E-state index in [2.05, 4.69) is 37.3 Å². The molecule has 1 aromatic heterocycles. The van der Waals surface area contributed by atoms with E-state index in [1.165, 1.54) is 51.1 Å². The second-order valence-corrected chi connectivity index (χ2v) is 6.25. The van der Waals surface area contributed by atoms with Gasteiger partial charge in [0.1, 0.15) is 17.2 Å². The number of amides is 1. The molecule has 0 aliphatic heterocycles. The van der Waals surface area contributed by atoms with E-state index in [0.717, 1.165) is 25.0 Å². The molecule has 0 spiro atoms. The molecule has 0 bridgehead atoms. The SMILES string of the molecule is C=C/C(F)=C(\C)Oc1ccc(C(N)=O)nc1.C=CCCNCCC(CC)CC. The molecule has 5 nitrogen and oxygen atoms in total. The number of nitrogens with zero attached hydrogens (tertiary/aromatic N) is 1. The van der Waals surface area contributed by atoms with Gasteiger partial charge in [-0.1, -0.05) is 39.3 Å². The van der Waals surface area contributed by atoms with Crippen LogP contribution in [0.3, 0.4) is 0 Å². The summed E-state index contributed by atoms with van der Waals surface area (Å²) in [6.45, 7) is 15.2. The Morgan fingerprint density at radius 2 is 2.00 bits per heavy atom. The van der Waals surface area contributed by atoms with Crippen LogP contribution in [0.15, 0.2) is 55.2 Å². The first-order valence-electron chi connectivity index (χ1n) is 9.63. The highest BCUT2D eigenvalue weighted by Gasteiger charge is 2.04. The third-order valence-electron chi connectivity index (χ3n) is 4.18. The minimum Gasteiger partial charge on any atom is -0.457 e. The zero-order chi connectivity index (χ0) is 21.4. The van der Waals surface area contributed by atoms with Gasteiger partial charge in [-0.15, -0.1) is 6.58 Å². The number of hydrogen-bond acceptors (Lipinski definition) is 4. The van der Waals surface area contributed by atoms with E-state index < -0.39 is 11.7 Å². The van der Waals surface area contributed by atoms with Gasteiger partial charge in [0.2, 0.25) is 0 Å². The summed E-state index contributed by atoms with van der Waals surface area (Å²) < 4.78 is 18.1. The molecule has 3 N–H and O–H groups in total. The minimum absolute atomic E-state index is 0.0728. The maximum absolute atomic E-state index is 13.0. The lowest BCUT2D eigenvalue weighted by Crippen LogP contribution is -2.18. The van der Waals surface area contributed by atoms with Crippen molar-refractivity contribution in [2.24, 2.45) is 11.7 Å². The lowest BCUT2D eigenvalue weighted by Gasteiger charge is -2.11. The maximum Gasteiger partial charge on any atom is 0.267 e. The third-order valence-corrected chi connectivity index (χ3v) is 4.18. The first-order chi connectivity index (χ1) is 13.4. The molecular formula is C22H34FN3O2. The van der Waals surface area contributed by atoms with E-state index in [4.69, 9.17) is 10.5 Å². The number of hydrogen-bond donors (Lipinski definition) is 2. The Balaban J connectivity index is 0.000000546. The first-order valence-corrected chi connectivity index (χ1v) is 9.63. The summed E-state index contributed by atoms with van der Waals surface area (Å²) in [5, 5.41) is 3.41. The number of aromatic nitrogens is 1. The average Bonchev–Trinajstić information content (AvgIpc) is 2.71. The fourth-order valence-corrected chi connectivity index (χ4v) is 2.29. The van der Waals surface area contributed by atoms with Crippen LogP contribution in [0.1, 0.15) is 56.9 Å². The Morgan fingerprint density at radius 1 is 1.32 bits per heavy atom. The molecule has 6 heteroatoms. The minimum atomic E-state index is -0.629. The average molecular weight is 392 g/mol. The number of primary amides is 1. The third kappa shape index (κ3) is 11.3. The van der Waals surface area contributed by atoms with Crippen LogP contribution in [0.2, 0.25) is 0 Å². The fourth-order valence-electron chi connectivity index (χ4n) is 2.29. The molecule has 156 valence electrons. The molecule has 0 saturated carbocycles. The van der Waals surface area contributed by atoms with Crippen molar-refractivity contribution in [3.05, 3.63) is 60.9 Å². The van der Waals surface area contributed by atoms with Gasteiger partial charge in [0.05, 0.1) is 6.20 Å². The number of nitrogens with one attached hydrogen (secondary N) is 1. The van der Waals surface area contributed by atoms with Crippen molar-refractivity contribution in [3.63, 3.8) is 0 Å². The fraction of sp³-hybridized carbons (Fsp3) is 0.455. The summed E-state index contributed by atoms with van der Waals surface area (Å²) in [6.07, 6.45) is 9.34. The zero-order valence-electron chi connectivity index (χ0n) is 17.3. The summed E-state index contributed by atoms with van der Waals surface area (Å²) in [6, 6.07) is 2.88. The van der Waals surface area contributed by atoms with E-state index in [9.17, 15) is 9.18 Å². The quantitative estimate of drug-likeness (QED) is 0.229. The van der Waals surface area contributed by atoms with E-state index in [-0.39, 0.29) is 11.5 Å². The van der Waals surface area contributed by atoms with Crippen LogP contribution in [0.4, 0.5) is 4.39 Å². The summed E-state index contributed by atoms with van der Waals surface area (Å²) >= 11 is 0. The van der Waals surface area contributed by atoms with Crippen LogP contribution in [-0.4, -0.2) is 24.0 Å². The van der Waals surface area contributed by atoms with Gasteiger partial charge in [-0.3, -0.25) is 4.79 Å². The molecule has 0 fully saturated rings. The van der Waals surface area contributed by atoms with Crippen LogP contribution in [0.25, 0.3) is 0 Å². The molecule has 1 rings (SSSR count). The van der Waals surface area contributed by atoms with E-state index >= 15 is 0 Å². The maximum atomic E-state index is 13.0. The number of allylic oxidation sites excluding steroid dienone is 3. The molecule has 28 heavy (non-hydrogen) atoms. The Hall–Kier alpha value is -2.47. The van der Waals surface area contributed by atoms with E-state index in [1.54, 1.807) is 0 Å². The molecule has 0 unspecified atom stereocenters. The molecule has 0 atom stereocenters. The van der Waals surface area contributed by atoms with Crippen LogP contribution in [0.5, 0.6) is 5.75 Å². The van der Waals surface area contributed by atoms with Crippen LogP contribution in [0, 0.1) is 5.92 Å². The van der Waals surface area contributed by atoms with Crippen molar-refractivity contribution in [1.29, 1.82) is 0 Å². The number of ether oxygens (including phenoxy) is 1. The second kappa shape index (κ2) is 15.6. The lowest BCUT2D eigenvalue weighted by molar-refractivity contribution is 0.0995. The van der Waals surface area contributed by atoms with Gasteiger partial charge in [0.25, 0.3) is 5.91 Å². The summed E-state index contributed by atoms with van der Waals surface area (Å²) in [7, 11) is 0. The van der Waals surface area contributed by atoms with Gasteiger partial charge in [0, 0.05) is 0 Å². The topological polar surface area (TPSA) is 77.2 Å². The number of carbonyl (C=O) groups is 1. The number of carbonyl (C=O) groups excluding carboxylic acids is 1. The van der Waals surface area contributed by atoms with Crippen molar-refractivity contribution < 1.29 is 13.9 Å². The monoisotopic (exact) mass is 391 g/mol. The predicted octanol–water partition coefficient (Wildman–Crippen LogP) is 4.92. The number of halogens is 1. The van der Waals surface area contributed by atoms with Gasteiger partial charge >= 0.3 is 0 Å². The van der Waals surface area contributed by atoms with Crippen LogP contribution in [-0.2, 0) is 0 Å². The van der Waals surface area contributed by atoms with Gasteiger partial charge in [-0.05, 0) is 57.0 Å². The summed E-state index contributed by atoms with van der Waals surface area (Å²) in [5.41, 5.74) is 5.13. The summed E-state index contributed by atoms with van der Waals surface area (Å²) in [4.78, 5) is 14.5. The van der Waals surface area contributed by atoms with Gasteiger partial charge < -0.3 is 15.8 Å². The van der Waals surface area contributed by atoms with Crippen molar-refractivity contribution in [2.75, 3.05) is 13.1 Å². The largest absolute Gasteiger partial charge is 0.457 e. The highest BCUT2D eigenvalue weighted by atomic mass is 19.1. The van der Waals surface area contributed by atoms with Crippen molar-refractivity contribution in [1.82, 2.24) is 10.3 Å². The number of nitrogens with two attached hydrogens (primary N) is 1. The first kappa shape index (κ1) is 25.5.